The van der Waals surface area contributed by atoms with E-state index in [1.165, 1.54) is 6.92 Å². The summed E-state index contributed by atoms with van der Waals surface area (Å²) in [5.74, 6) is -2.50. The van der Waals surface area contributed by atoms with Gasteiger partial charge in [-0.05, 0) is 19.8 Å². The van der Waals surface area contributed by atoms with Crippen molar-refractivity contribution in [1.29, 1.82) is 5.41 Å². The van der Waals surface area contributed by atoms with Crippen LogP contribution < -0.4 is 33.2 Å². The second-order valence-corrected chi connectivity index (χ2v) is 6.47. The topological polar surface area (TPSA) is 269 Å². The summed E-state index contributed by atoms with van der Waals surface area (Å²) >= 11 is 0. The second-order valence-electron chi connectivity index (χ2n) is 6.47. The number of carbonyl (C=O) groups is 3. The Balaban J connectivity index is 2.79. The number of rotatable bonds is 12. The highest BCUT2D eigenvalue weighted by molar-refractivity contribution is 5.83. The molecule has 1 aromatic rings. The van der Waals surface area contributed by atoms with E-state index >= 15 is 0 Å². The molecular weight excluding hydrogens is 402 g/mol. The molecule has 0 aliphatic heterocycles. The first-order chi connectivity index (χ1) is 14.0. The summed E-state index contributed by atoms with van der Waals surface area (Å²) in [6.45, 7) is 1.61. The molecule has 30 heavy (non-hydrogen) atoms. The van der Waals surface area contributed by atoms with Gasteiger partial charge in [-0.3, -0.25) is 10.2 Å². The first kappa shape index (κ1) is 24.6. The lowest BCUT2D eigenvalue weighted by Gasteiger charge is -2.19. The van der Waals surface area contributed by atoms with Crippen LogP contribution >= 0.6 is 0 Å². The Kier molecular flexibility index (Phi) is 9.44. The number of hydrogen-bond donors (Lipinski definition) is 9. The molecule has 0 fully saturated rings. The third-order valence-electron chi connectivity index (χ3n) is 3.82. The molecule has 0 aliphatic carbocycles. The number of nitrogens with zero attached hydrogens (tertiary/aromatic N) is 2. The van der Waals surface area contributed by atoms with E-state index in [1.54, 1.807) is 0 Å². The van der Waals surface area contributed by atoms with E-state index in [1.807, 2.05) is 0 Å². The number of aliphatic hydroxyl groups is 1. The number of hydrogen-bond acceptors (Lipinski definition) is 9. The Morgan fingerprint density at radius 2 is 1.83 bits per heavy atom. The van der Waals surface area contributed by atoms with Crippen LogP contribution in [-0.4, -0.2) is 63.0 Å². The van der Waals surface area contributed by atoms with Crippen LogP contribution in [0.3, 0.4) is 0 Å². The maximum Gasteiger partial charge on any atom is 0.328 e. The molecule has 0 saturated carbocycles. The molecule has 3 amide bonds. The van der Waals surface area contributed by atoms with Gasteiger partial charge in [-0.25, -0.2) is 9.59 Å². The molecule has 1 rings (SSSR count). The fraction of sp³-hybridized carbons (Fsp3) is 0.600. The summed E-state index contributed by atoms with van der Waals surface area (Å²) < 4.78 is 5.44. The van der Waals surface area contributed by atoms with E-state index in [-0.39, 0.29) is 17.7 Å². The maximum atomic E-state index is 12.1. The molecule has 4 atom stereocenters. The van der Waals surface area contributed by atoms with Crippen LogP contribution in [0.4, 0.5) is 4.79 Å². The summed E-state index contributed by atoms with van der Waals surface area (Å²) in [6.07, 6.45) is -0.794. The Hall–Kier alpha value is -3.46. The highest BCUT2D eigenvalue weighted by Gasteiger charge is 2.29. The van der Waals surface area contributed by atoms with Gasteiger partial charge in [-0.1, -0.05) is 0 Å². The average Bonchev–Trinajstić information content (AvgIpc) is 3.11. The Morgan fingerprint density at radius 3 is 2.37 bits per heavy atom. The summed E-state index contributed by atoms with van der Waals surface area (Å²) in [5.41, 5.74) is 16.3. The third-order valence-corrected chi connectivity index (χ3v) is 3.82. The highest BCUT2D eigenvalue weighted by atomic mass is 16.4. The van der Waals surface area contributed by atoms with E-state index in [0.29, 0.717) is 19.4 Å². The smallest absolute Gasteiger partial charge is 0.328 e. The number of aliphatic carboxylic acids is 1. The van der Waals surface area contributed by atoms with Gasteiger partial charge >= 0.3 is 12.0 Å². The minimum Gasteiger partial charge on any atom is -0.480 e. The molecule has 1 aromatic heterocycles. The van der Waals surface area contributed by atoms with Gasteiger partial charge < -0.3 is 47.8 Å². The molecule has 12 N–H and O–H groups in total. The van der Waals surface area contributed by atoms with Crippen LogP contribution in [0.2, 0.25) is 0 Å². The van der Waals surface area contributed by atoms with E-state index in [9.17, 15) is 19.5 Å². The summed E-state index contributed by atoms with van der Waals surface area (Å²) in [6, 6.07) is -4.35. The number of primary amides is 1. The van der Waals surface area contributed by atoms with Crippen molar-refractivity contribution >= 4 is 23.9 Å². The Labute approximate surface area is 171 Å². The number of nitrogens with one attached hydrogen (secondary N) is 4. The fourth-order valence-electron chi connectivity index (χ4n) is 2.34. The normalized spacial score (nSPS) is 14.8. The van der Waals surface area contributed by atoms with Crippen LogP contribution in [0.15, 0.2) is 4.42 Å². The molecule has 0 spiro atoms. The lowest BCUT2D eigenvalue weighted by Crippen LogP contribution is -2.52. The van der Waals surface area contributed by atoms with Crippen molar-refractivity contribution in [3.05, 3.63) is 11.8 Å². The van der Waals surface area contributed by atoms with E-state index in [0.717, 1.165) is 0 Å². The molecule has 0 saturated heterocycles. The summed E-state index contributed by atoms with van der Waals surface area (Å²) in [7, 11) is 0. The van der Waals surface area contributed by atoms with Crippen LogP contribution in [0, 0.1) is 5.41 Å². The van der Waals surface area contributed by atoms with Crippen LogP contribution in [-0.2, 0) is 9.59 Å². The van der Waals surface area contributed by atoms with Crippen molar-refractivity contribution in [2.24, 2.45) is 17.2 Å². The van der Waals surface area contributed by atoms with E-state index < -0.39 is 48.6 Å². The number of amides is 3. The number of guanidine groups is 1. The quantitative estimate of drug-likeness (QED) is 0.0942. The highest BCUT2D eigenvalue weighted by Crippen LogP contribution is 2.20. The first-order valence-corrected chi connectivity index (χ1v) is 8.94. The summed E-state index contributed by atoms with van der Waals surface area (Å²) in [4.78, 5) is 34.5. The van der Waals surface area contributed by atoms with Crippen molar-refractivity contribution in [1.82, 2.24) is 26.1 Å². The standard InChI is InChI=1S/C15H27N9O6/c1-6(25)10(13(27)28)22-15(29)21-8(5-9(17)26)12-24-23-11(30-12)7(16)3-2-4-20-14(18)19/h6-8,10,25H,2-5,16H2,1H3,(H2,17,26)(H,27,28)(H4,18,19,20)(H2,21,22,29)/t6?,7-,8-,10?/m0/s1. The van der Waals surface area contributed by atoms with E-state index in [4.69, 9.17) is 32.1 Å². The minimum atomic E-state index is -1.57. The van der Waals surface area contributed by atoms with Gasteiger partial charge in [0.2, 0.25) is 17.7 Å². The molecule has 2 unspecified atom stereocenters. The van der Waals surface area contributed by atoms with Crippen LogP contribution in [0.25, 0.3) is 0 Å². The molecule has 15 nitrogen and oxygen atoms in total. The number of carboxylic acids is 1. The monoisotopic (exact) mass is 429 g/mol. The SMILES string of the molecule is CC(O)C(NC(=O)N[C@@H](CC(N)=O)c1nnc([C@@H](N)CCCNC(=N)N)o1)C(=O)O. The second kappa shape index (κ2) is 11.5. The third kappa shape index (κ3) is 8.27. The number of carboxylic acid groups (broad SMARTS) is 1. The number of urea groups is 1. The van der Waals surface area contributed by atoms with Crippen molar-refractivity contribution in [3.63, 3.8) is 0 Å². The van der Waals surface area contributed by atoms with Gasteiger partial charge in [-0.2, -0.15) is 0 Å². The lowest BCUT2D eigenvalue weighted by molar-refractivity contribution is -0.141. The lowest BCUT2D eigenvalue weighted by atomic mass is 10.1. The van der Waals surface area contributed by atoms with Crippen molar-refractivity contribution in [3.8, 4) is 0 Å². The van der Waals surface area contributed by atoms with Crippen LogP contribution in [0.1, 0.15) is 50.1 Å². The minimum absolute atomic E-state index is 0.0527. The van der Waals surface area contributed by atoms with Gasteiger partial charge in [0.25, 0.3) is 0 Å². The Morgan fingerprint density at radius 1 is 1.20 bits per heavy atom. The predicted octanol–water partition coefficient (Wildman–Crippen LogP) is -2.62. The molecule has 0 aliphatic rings. The zero-order chi connectivity index (χ0) is 22.8. The van der Waals surface area contributed by atoms with Crippen molar-refractivity contribution in [2.45, 2.75) is 50.4 Å². The molecule has 15 heteroatoms. The molecular formula is C15H27N9O6. The first-order valence-electron chi connectivity index (χ1n) is 8.94. The zero-order valence-electron chi connectivity index (χ0n) is 16.3. The van der Waals surface area contributed by atoms with Gasteiger partial charge in [0.05, 0.1) is 18.6 Å². The Bertz CT molecular complexity index is 753. The molecule has 168 valence electrons. The molecule has 0 bridgehead atoms. The molecule has 0 radical (unpaired) electrons. The maximum absolute atomic E-state index is 12.1. The van der Waals surface area contributed by atoms with Crippen LogP contribution in [0.5, 0.6) is 0 Å². The molecule has 0 aromatic carbocycles. The van der Waals surface area contributed by atoms with E-state index in [2.05, 4.69) is 26.1 Å². The number of aromatic nitrogens is 2. The van der Waals surface area contributed by atoms with Gasteiger partial charge in [0.1, 0.15) is 6.04 Å². The summed E-state index contributed by atoms with van der Waals surface area (Å²) in [5, 5.41) is 40.1. The largest absolute Gasteiger partial charge is 0.480 e. The van der Waals surface area contributed by atoms with Crippen molar-refractivity contribution < 1.29 is 29.0 Å². The average molecular weight is 429 g/mol. The zero-order valence-corrected chi connectivity index (χ0v) is 16.3. The fourth-order valence-corrected chi connectivity index (χ4v) is 2.34. The molecule has 1 heterocycles. The number of aliphatic hydroxyl groups excluding tert-OH is 1. The number of carbonyl (C=O) groups excluding carboxylic acids is 2. The number of nitrogens with two attached hydrogens (primary N) is 3. The predicted molar refractivity (Wildman–Crippen MR) is 102 cm³/mol. The van der Waals surface area contributed by atoms with Gasteiger partial charge in [0, 0.05) is 6.54 Å². The van der Waals surface area contributed by atoms with Crippen molar-refractivity contribution in [2.75, 3.05) is 6.54 Å². The van der Waals surface area contributed by atoms with Gasteiger partial charge in [-0.15, -0.1) is 10.2 Å². The van der Waals surface area contributed by atoms with Gasteiger partial charge in [0.15, 0.2) is 12.0 Å².